The van der Waals surface area contributed by atoms with E-state index in [4.69, 9.17) is 4.74 Å². The minimum atomic E-state index is -3.61. The summed E-state index contributed by atoms with van der Waals surface area (Å²) in [5.41, 5.74) is 1.12. The van der Waals surface area contributed by atoms with Crippen molar-refractivity contribution in [1.29, 1.82) is 0 Å². The molecule has 0 atom stereocenters. The molecule has 0 saturated heterocycles. The number of aromatic nitrogens is 1. The maximum atomic E-state index is 12.9. The van der Waals surface area contributed by atoms with Gasteiger partial charge in [-0.1, -0.05) is 30.3 Å². The van der Waals surface area contributed by atoms with E-state index in [1.807, 2.05) is 30.3 Å². The Bertz CT molecular complexity index is 1460. The molecule has 0 saturated carbocycles. The summed E-state index contributed by atoms with van der Waals surface area (Å²) in [4.78, 5) is 25.7. The quantitative estimate of drug-likeness (QED) is 0.437. The fourth-order valence-corrected chi connectivity index (χ4v) is 4.21. The Labute approximate surface area is 185 Å². The van der Waals surface area contributed by atoms with Crippen LogP contribution in [0.25, 0.3) is 16.6 Å². The number of carbonyl (C=O) groups is 1. The number of esters is 1. The number of rotatable bonds is 5. The first-order chi connectivity index (χ1) is 15.3. The lowest BCUT2D eigenvalue weighted by atomic mass is 10.1. The van der Waals surface area contributed by atoms with E-state index < -0.39 is 16.0 Å². The number of ether oxygens (including phenoxy) is 1. The van der Waals surface area contributed by atoms with E-state index in [1.54, 1.807) is 28.8 Å². The molecule has 1 aromatic heterocycles. The Balaban J connectivity index is 1.71. The lowest BCUT2D eigenvalue weighted by molar-refractivity contribution is 0.0736. The first-order valence-corrected chi connectivity index (χ1v) is 11.2. The molecule has 0 unspecified atom stereocenters. The third kappa shape index (κ3) is 3.93. The van der Waals surface area contributed by atoms with E-state index in [2.05, 4.69) is 0 Å². The van der Waals surface area contributed by atoms with Crippen LogP contribution in [0.5, 0.6) is 5.75 Å². The number of pyridine rings is 1. The zero-order valence-corrected chi connectivity index (χ0v) is 18.2. The monoisotopic (exact) mass is 448 g/mol. The third-order valence-electron chi connectivity index (χ3n) is 4.97. The first kappa shape index (κ1) is 21.5. The highest BCUT2D eigenvalue weighted by Crippen LogP contribution is 2.26. The smallest absolute Gasteiger partial charge is 0.343 e. The van der Waals surface area contributed by atoms with Crippen molar-refractivity contribution in [3.05, 3.63) is 101 Å². The van der Waals surface area contributed by atoms with E-state index in [0.29, 0.717) is 16.6 Å². The second-order valence-electron chi connectivity index (χ2n) is 7.24. The van der Waals surface area contributed by atoms with Gasteiger partial charge in [-0.15, -0.1) is 0 Å². The molecule has 8 heteroatoms. The van der Waals surface area contributed by atoms with Crippen molar-refractivity contribution < 1.29 is 17.9 Å². The van der Waals surface area contributed by atoms with Gasteiger partial charge in [-0.3, -0.25) is 9.36 Å². The molecule has 0 aliphatic rings. The van der Waals surface area contributed by atoms with Gasteiger partial charge in [-0.05, 0) is 48.5 Å². The Morgan fingerprint density at radius 1 is 0.875 bits per heavy atom. The number of fused-ring (bicyclic) bond motifs is 1. The van der Waals surface area contributed by atoms with E-state index in [-0.39, 0.29) is 21.8 Å². The fourth-order valence-electron chi connectivity index (χ4n) is 3.31. The number of benzene rings is 3. The average molecular weight is 449 g/mol. The van der Waals surface area contributed by atoms with E-state index in [9.17, 15) is 18.0 Å². The molecule has 0 spiro atoms. The maximum Gasteiger partial charge on any atom is 0.343 e. The van der Waals surface area contributed by atoms with E-state index in [0.717, 1.165) is 4.31 Å². The predicted octanol–water partition coefficient (Wildman–Crippen LogP) is 3.46. The largest absolute Gasteiger partial charge is 0.422 e. The Kier molecular flexibility index (Phi) is 5.65. The van der Waals surface area contributed by atoms with Crippen LogP contribution < -0.4 is 10.3 Å². The summed E-state index contributed by atoms with van der Waals surface area (Å²) in [6, 6.07) is 23.1. The van der Waals surface area contributed by atoms with Gasteiger partial charge in [0, 0.05) is 31.2 Å². The highest BCUT2D eigenvalue weighted by molar-refractivity contribution is 7.89. The van der Waals surface area contributed by atoms with Gasteiger partial charge in [0.25, 0.3) is 5.56 Å². The maximum absolute atomic E-state index is 12.9. The Morgan fingerprint density at radius 2 is 1.50 bits per heavy atom. The van der Waals surface area contributed by atoms with Crippen LogP contribution >= 0.6 is 0 Å². The number of hydrogen-bond donors (Lipinski definition) is 0. The topological polar surface area (TPSA) is 85.7 Å². The number of para-hydroxylation sites is 2. The van der Waals surface area contributed by atoms with Crippen molar-refractivity contribution in [2.24, 2.45) is 0 Å². The van der Waals surface area contributed by atoms with Crippen molar-refractivity contribution in [2.45, 2.75) is 4.90 Å². The molecular weight excluding hydrogens is 428 g/mol. The lowest BCUT2D eigenvalue weighted by Gasteiger charge is -2.14. The summed E-state index contributed by atoms with van der Waals surface area (Å²) < 4.78 is 32.6. The van der Waals surface area contributed by atoms with Crippen molar-refractivity contribution in [2.75, 3.05) is 14.1 Å². The summed E-state index contributed by atoms with van der Waals surface area (Å²) in [7, 11) is -0.745. The van der Waals surface area contributed by atoms with Gasteiger partial charge in [0.15, 0.2) is 0 Å². The molecule has 32 heavy (non-hydrogen) atoms. The zero-order chi connectivity index (χ0) is 22.9. The van der Waals surface area contributed by atoms with Gasteiger partial charge in [-0.2, -0.15) is 0 Å². The normalized spacial score (nSPS) is 11.6. The molecule has 0 amide bonds. The van der Waals surface area contributed by atoms with Crippen molar-refractivity contribution in [3.63, 3.8) is 0 Å². The van der Waals surface area contributed by atoms with Crippen LogP contribution in [0.1, 0.15) is 10.4 Å². The zero-order valence-electron chi connectivity index (χ0n) is 17.4. The van der Waals surface area contributed by atoms with Crippen LogP contribution in [0.2, 0.25) is 0 Å². The number of carbonyl (C=O) groups excluding carboxylic acids is 1. The molecule has 0 fully saturated rings. The molecule has 4 rings (SSSR count). The molecule has 162 valence electrons. The molecule has 0 radical (unpaired) electrons. The average Bonchev–Trinajstić information content (AvgIpc) is 2.79. The molecule has 0 N–H and O–H groups in total. The molecule has 4 aromatic rings. The molecule has 3 aromatic carbocycles. The summed E-state index contributed by atoms with van der Waals surface area (Å²) in [6.45, 7) is 0. The van der Waals surface area contributed by atoms with E-state index >= 15 is 0 Å². The number of nitrogens with zero attached hydrogens (tertiary/aromatic N) is 2. The molecule has 7 nitrogen and oxygen atoms in total. The second kappa shape index (κ2) is 8.41. The van der Waals surface area contributed by atoms with Crippen LogP contribution in [-0.2, 0) is 10.0 Å². The van der Waals surface area contributed by atoms with Crippen LogP contribution in [-0.4, -0.2) is 37.4 Å². The minimum absolute atomic E-state index is 0.0648. The van der Waals surface area contributed by atoms with Gasteiger partial charge < -0.3 is 4.74 Å². The lowest BCUT2D eigenvalue weighted by Crippen LogP contribution is -2.22. The van der Waals surface area contributed by atoms with Gasteiger partial charge in [0.2, 0.25) is 10.0 Å². The SMILES string of the molecule is CN(C)S(=O)(=O)c1ccc(C(=O)Oc2cc(=O)n(-c3ccccc3)c3ccccc23)cc1. The van der Waals surface area contributed by atoms with Crippen LogP contribution in [0.3, 0.4) is 0 Å². The Morgan fingerprint density at radius 3 is 2.16 bits per heavy atom. The minimum Gasteiger partial charge on any atom is -0.422 e. The number of sulfonamides is 1. The number of hydrogen-bond acceptors (Lipinski definition) is 5. The van der Waals surface area contributed by atoms with Crippen molar-refractivity contribution in [3.8, 4) is 11.4 Å². The first-order valence-electron chi connectivity index (χ1n) is 9.74. The highest BCUT2D eigenvalue weighted by atomic mass is 32.2. The molecule has 1 heterocycles. The summed E-state index contributed by atoms with van der Waals surface area (Å²) in [5, 5.41) is 0.594. The molecule has 0 aliphatic heterocycles. The second-order valence-corrected chi connectivity index (χ2v) is 9.39. The van der Waals surface area contributed by atoms with Crippen molar-refractivity contribution >= 4 is 26.9 Å². The predicted molar refractivity (Wildman–Crippen MR) is 122 cm³/mol. The van der Waals surface area contributed by atoms with Gasteiger partial charge in [0.05, 0.1) is 16.0 Å². The van der Waals surface area contributed by atoms with Gasteiger partial charge in [0.1, 0.15) is 5.75 Å². The summed E-state index contributed by atoms with van der Waals surface area (Å²) in [6.07, 6.45) is 0. The standard InChI is InChI=1S/C24H20N2O5S/c1-25(2)32(29,30)19-14-12-17(13-15-19)24(28)31-22-16-23(27)26(18-8-4-3-5-9-18)21-11-7-6-10-20(21)22/h3-16H,1-2H3. The fraction of sp³-hybridized carbons (Fsp3) is 0.0833. The summed E-state index contributed by atoms with van der Waals surface area (Å²) in [5.74, 6) is -0.561. The molecule has 0 aliphatic carbocycles. The van der Waals surface area contributed by atoms with Gasteiger partial charge in [-0.25, -0.2) is 17.5 Å². The van der Waals surface area contributed by atoms with Crippen LogP contribution in [0, 0.1) is 0 Å². The van der Waals surface area contributed by atoms with E-state index in [1.165, 1.54) is 44.4 Å². The third-order valence-corrected chi connectivity index (χ3v) is 6.80. The highest BCUT2D eigenvalue weighted by Gasteiger charge is 2.19. The summed E-state index contributed by atoms with van der Waals surface area (Å²) >= 11 is 0. The molecular formula is C24H20N2O5S. The van der Waals surface area contributed by atoms with Gasteiger partial charge >= 0.3 is 5.97 Å². The Hall–Kier alpha value is -3.75. The van der Waals surface area contributed by atoms with Crippen LogP contribution in [0.4, 0.5) is 0 Å². The molecule has 0 bridgehead atoms. The van der Waals surface area contributed by atoms with Crippen molar-refractivity contribution in [1.82, 2.24) is 8.87 Å². The van der Waals surface area contributed by atoms with Crippen LogP contribution in [0.15, 0.2) is 94.6 Å².